The number of aliphatic hydroxyl groups is 4. The molecule has 0 amide bonds. The van der Waals surface area contributed by atoms with Gasteiger partial charge in [0.05, 0.1) is 32.0 Å². The third kappa shape index (κ3) is 4.56. The molecular formula is C10H22O6. The van der Waals surface area contributed by atoms with E-state index in [2.05, 4.69) is 18.0 Å². The maximum Gasteiger partial charge on any atom is 0.0997 e. The maximum atomic E-state index is 9.92. The lowest BCUT2D eigenvalue weighted by molar-refractivity contribution is -0.267. The van der Waals surface area contributed by atoms with Gasteiger partial charge in [-0.3, -0.25) is 5.26 Å². The molecule has 0 saturated heterocycles. The van der Waals surface area contributed by atoms with Crippen molar-refractivity contribution in [3.8, 4) is 0 Å². The lowest BCUT2D eigenvalue weighted by atomic mass is 9.79. The van der Waals surface area contributed by atoms with Crippen LogP contribution in [0.4, 0.5) is 0 Å². The van der Waals surface area contributed by atoms with Gasteiger partial charge in [-0.1, -0.05) is 6.92 Å². The molecule has 98 valence electrons. The summed E-state index contributed by atoms with van der Waals surface area (Å²) in [4.78, 5) is 3.86. The van der Waals surface area contributed by atoms with Crippen LogP contribution in [-0.2, 0) is 4.89 Å². The van der Waals surface area contributed by atoms with Crippen LogP contribution in [0.1, 0.15) is 6.92 Å². The third-order valence-corrected chi connectivity index (χ3v) is 2.58. The van der Waals surface area contributed by atoms with E-state index in [-0.39, 0.29) is 6.61 Å². The van der Waals surface area contributed by atoms with E-state index in [0.717, 1.165) is 0 Å². The Balaban J connectivity index is 0. The Morgan fingerprint density at radius 1 is 1.19 bits per heavy atom. The monoisotopic (exact) mass is 238 g/mol. The molecule has 2 atom stereocenters. The molecule has 0 spiro atoms. The van der Waals surface area contributed by atoms with Crippen molar-refractivity contribution in [1.82, 2.24) is 0 Å². The fraction of sp³-hybridized carbons (Fsp3) is 0.800. The quantitative estimate of drug-likeness (QED) is 0.226. The second-order valence-electron chi connectivity index (χ2n) is 3.41. The van der Waals surface area contributed by atoms with Crippen LogP contribution in [0, 0.1) is 11.8 Å². The molecule has 0 heterocycles. The third-order valence-electron chi connectivity index (χ3n) is 2.58. The van der Waals surface area contributed by atoms with Crippen LogP contribution in [0.2, 0.25) is 0 Å². The molecule has 0 radical (unpaired) electrons. The van der Waals surface area contributed by atoms with Gasteiger partial charge in [0.15, 0.2) is 0 Å². The average molecular weight is 238 g/mol. The number of rotatable bonds is 7. The lowest BCUT2D eigenvalue weighted by Gasteiger charge is -2.37. The topological polar surface area (TPSA) is 110 Å². The fourth-order valence-corrected chi connectivity index (χ4v) is 1.32. The molecule has 0 fully saturated rings. The Hall–Kier alpha value is -0.500. The van der Waals surface area contributed by atoms with E-state index < -0.39 is 37.3 Å². The lowest BCUT2D eigenvalue weighted by Crippen LogP contribution is -2.51. The van der Waals surface area contributed by atoms with E-state index in [9.17, 15) is 5.11 Å². The predicted octanol–water partition coefficient (Wildman–Crippen LogP) is -0.762. The SMILES string of the molecule is C=C.CC(COO)C(O)(CO)C(CO)CO. The number of hydrogen-bond acceptors (Lipinski definition) is 6. The van der Waals surface area contributed by atoms with Crippen molar-refractivity contribution in [2.45, 2.75) is 12.5 Å². The minimum atomic E-state index is -1.66. The summed E-state index contributed by atoms with van der Waals surface area (Å²) >= 11 is 0. The zero-order chi connectivity index (χ0) is 13.2. The Kier molecular flexibility index (Phi) is 10.8. The van der Waals surface area contributed by atoms with E-state index in [1.807, 2.05) is 0 Å². The van der Waals surface area contributed by atoms with Gasteiger partial charge in [0.25, 0.3) is 0 Å². The van der Waals surface area contributed by atoms with E-state index >= 15 is 0 Å². The normalized spacial score (nSPS) is 16.2. The van der Waals surface area contributed by atoms with Crippen LogP contribution in [0.3, 0.4) is 0 Å². The zero-order valence-corrected chi connectivity index (χ0v) is 9.54. The summed E-state index contributed by atoms with van der Waals surface area (Å²) in [5.74, 6) is -1.47. The zero-order valence-electron chi connectivity index (χ0n) is 9.54. The van der Waals surface area contributed by atoms with E-state index in [0.29, 0.717) is 0 Å². The van der Waals surface area contributed by atoms with Gasteiger partial charge in [-0.2, -0.15) is 0 Å². The van der Waals surface area contributed by atoms with Crippen molar-refractivity contribution in [2.24, 2.45) is 11.8 Å². The minimum absolute atomic E-state index is 0.187. The summed E-state index contributed by atoms with van der Waals surface area (Å²) in [7, 11) is 0. The number of hydrogen-bond donors (Lipinski definition) is 5. The van der Waals surface area contributed by atoms with E-state index in [1.54, 1.807) is 0 Å². The Labute approximate surface area is 95.4 Å². The van der Waals surface area contributed by atoms with Crippen molar-refractivity contribution in [2.75, 3.05) is 26.4 Å². The summed E-state index contributed by atoms with van der Waals surface area (Å²) in [5, 5.41) is 44.9. The first-order valence-electron chi connectivity index (χ1n) is 4.88. The highest BCUT2D eigenvalue weighted by atomic mass is 17.1. The van der Waals surface area contributed by atoms with Crippen LogP contribution in [0.5, 0.6) is 0 Å². The second kappa shape index (κ2) is 9.71. The highest BCUT2D eigenvalue weighted by Gasteiger charge is 2.40. The maximum absolute atomic E-state index is 9.92. The molecule has 0 aromatic heterocycles. The van der Waals surface area contributed by atoms with Gasteiger partial charge in [-0.05, 0) is 0 Å². The summed E-state index contributed by atoms with van der Waals surface area (Å²) in [6.45, 7) is 5.81. The smallest absolute Gasteiger partial charge is 0.0997 e. The Morgan fingerprint density at radius 2 is 1.62 bits per heavy atom. The van der Waals surface area contributed by atoms with Crippen molar-refractivity contribution in [1.29, 1.82) is 0 Å². The Bertz CT molecular complexity index is 161. The summed E-state index contributed by atoms with van der Waals surface area (Å²) in [5.41, 5.74) is -1.66. The Morgan fingerprint density at radius 3 is 1.88 bits per heavy atom. The van der Waals surface area contributed by atoms with Crippen LogP contribution >= 0.6 is 0 Å². The molecule has 16 heavy (non-hydrogen) atoms. The van der Waals surface area contributed by atoms with E-state index in [4.69, 9.17) is 20.6 Å². The standard InChI is InChI=1S/C8H18O6.C2H4/c1-6(4-14-13)8(12,5-11)7(2-9)3-10;1-2/h6-7,9-13H,2-5H2,1H3;1-2H2. The highest BCUT2D eigenvalue weighted by molar-refractivity contribution is 4.89. The molecule has 5 N–H and O–H groups in total. The molecule has 6 heteroatoms. The predicted molar refractivity (Wildman–Crippen MR) is 58.7 cm³/mol. The largest absolute Gasteiger partial charge is 0.396 e. The summed E-state index contributed by atoms with van der Waals surface area (Å²) in [6.07, 6.45) is 0. The summed E-state index contributed by atoms with van der Waals surface area (Å²) in [6, 6.07) is 0. The van der Waals surface area contributed by atoms with E-state index in [1.165, 1.54) is 6.92 Å². The average Bonchev–Trinajstić information content (AvgIpc) is 2.33. The van der Waals surface area contributed by atoms with Crippen molar-refractivity contribution >= 4 is 0 Å². The van der Waals surface area contributed by atoms with Crippen LogP contribution < -0.4 is 0 Å². The van der Waals surface area contributed by atoms with Crippen molar-refractivity contribution in [3.63, 3.8) is 0 Å². The molecule has 0 saturated carbocycles. The van der Waals surface area contributed by atoms with Gasteiger partial charge in [-0.25, -0.2) is 4.89 Å². The second-order valence-corrected chi connectivity index (χ2v) is 3.41. The van der Waals surface area contributed by atoms with Gasteiger partial charge in [0.1, 0.15) is 0 Å². The van der Waals surface area contributed by atoms with Crippen molar-refractivity contribution in [3.05, 3.63) is 13.2 Å². The number of aliphatic hydroxyl groups excluding tert-OH is 3. The van der Waals surface area contributed by atoms with Crippen LogP contribution in [0.15, 0.2) is 13.2 Å². The molecule has 0 rings (SSSR count). The van der Waals surface area contributed by atoms with Gasteiger partial charge >= 0.3 is 0 Å². The van der Waals surface area contributed by atoms with Gasteiger partial charge in [-0.15, -0.1) is 13.2 Å². The van der Waals surface area contributed by atoms with Gasteiger partial charge in [0, 0.05) is 11.8 Å². The van der Waals surface area contributed by atoms with Crippen LogP contribution in [-0.4, -0.2) is 57.7 Å². The first-order valence-corrected chi connectivity index (χ1v) is 4.88. The molecule has 0 aliphatic rings. The fourth-order valence-electron chi connectivity index (χ4n) is 1.32. The van der Waals surface area contributed by atoms with Gasteiger partial charge in [0.2, 0.25) is 0 Å². The molecule has 0 bridgehead atoms. The molecule has 0 aromatic carbocycles. The minimum Gasteiger partial charge on any atom is -0.396 e. The molecule has 0 aliphatic heterocycles. The van der Waals surface area contributed by atoms with Crippen molar-refractivity contribution < 1.29 is 30.6 Å². The molecule has 6 nitrogen and oxygen atoms in total. The first-order chi connectivity index (χ1) is 7.56. The molecule has 0 aliphatic carbocycles. The molecule has 2 unspecified atom stereocenters. The summed E-state index contributed by atoms with van der Waals surface area (Å²) < 4.78 is 0. The molecule has 0 aromatic rings. The molecular weight excluding hydrogens is 216 g/mol. The van der Waals surface area contributed by atoms with Gasteiger partial charge < -0.3 is 20.4 Å². The van der Waals surface area contributed by atoms with Crippen LogP contribution in [0.25, 0.3) is 0 Å². The first kappa shape index (κ1) is 17.9. The highest BCUT2D eigenvalue weighted by Crippen LogP contribution is 2.26.